The Morgan fingerprint density at radius 3 is 2.41 bits per heavy atom. The van der Waals surface area contributed by atoms with E-state index in [9.17, 15) is 0 Å². The molecule has 1 N–H and O–H groups in total. The number of hydrogen-bond acceptors (Lipinski definition) is 4. The van der Waals surface area contributed by atoms with Crippen LogP contribution in [-0.2, 0) is 0 Å². The Bertz CT molecular complexity index is 365. The van der Waals surface area contributed by atoms with Crippen molar-refractivity contribution in [3.8, 4) is 0 Å². The van der Waals surface area contributed by atoms with Crippen molar-refractivity contribution in [2.45, 2.75) is 32.6 Å². The van der Waals surface area contributed by atoms with Crippen molar-refractivity contribution in [2.24, 2.45) is 11.8 Å². The predicted molar refractivity (Wildman–Crippen MR) is 69.5 cm³/mol. The third kappa shape index (κ3) is 3.68. The number of nitrogens with zero attached hydrogens (tertiary/aromatic N) is 3. The molecule has 6 heteroatoms. The van der Waals surface area contributed by atoms with Gasteiger partial charge in [0.15, 0.2) is 0 Å². The Morgan fingerprint density at radius 1 is 1.12 bits per heavy atom. The first-order valence-electron chi connectivity index (χ1n) is 5.96. The van der Waals surface area contributed by atoms with Crippen LogP contribution in [0.25, 0.3) is 0 Å². The Hall–Kier alpha value is -0.610. The van der Waals surface area contributed by atoms with Gasteiger partial charge in [-0.25, -0.2) is 0 Å². The molecule has 1 heterocycles. The van der Waals surface area contributed by atoms with Crippen molar-refractivity contribution in [1.82, 2.24) is 15.0 Å². The van der Waals surface area contributed by atoms with Crippen LogP contribution in [0.15, 0.2) is 0 Å². The predicted octanol–water partition coefficient (Wildman–Crippen LogP) is 3.42. The van der Waals surface area contributed by atoms with Crippen molar-refractivity contribution in [1.29, 1.82) is 0 Å². The fourth-order valence-corrected chi connectivity index (χ4v) is 2.69. The largest absolute Gasteiger partial charge is 0.354 e. The Labute approximate surface area is 111 Å². The van der Waals surface area contributed by atoms with Gasteiger partial charge in [-0.2, -0.15) is 15.0 Å². The minimum atomic E-state index is 0.129. The summed E-state index contributed by atoms with van der Waals surface area (Å²) in [5.74, 6) is 1.90. The molecule has 2 unspecified atom stereocenters. The van der Waals surface area contributed by atoms with Crippen LogP contribution in [0.4, 0.5) is 5.95 Å². The lowest BCUT2D eigenvalue weighted by molar-refractivity contribution is 0.268. The summed E-state index contributed by atoms with van der Waals surface area (Å²) >= 11 is 11.4. The molecule has 0 aromatic carbocycles. The fraction of sp³-hybridized carbons (Fsp3) is 0.727. The quantitative estimate of drug-likeness (QED) is 0.918. The molecule has 0 saturated heterocycles. The highest BCUT2D eigenvalue weighted by Crippen LogP contribution is 2.29. The average Bonchev–Trinajstić information content (AvgIpc) is 2.27. The van der Waals surface area contributed by atoms with Crippen LogP contribution in [0, 0.1) is 11.8 Å². The number of rotatable bonds is 3. The lowest BCUT2D eigenvalue weighted by Gasteiger charge is -2.28. The summed E-state index contributed by atoms with van der Waals surface area (Å²) in [6, 6.07) is 0. The highest BCUT2D eigenvalue weighted by Gasteiger charge is 2.21. The summed E-state index contributed by atoms with van der Waals surface area (Å²) in [6.07, 6.45) is 5.24. The smallest absolute Gasteiger partial charge is 0.228 e. The first-order chi connectivity index (χ1) is 8.15. The summed E-state index contributed by atoms with van der Waals surface area (Å²) in [7, 11) is 0. The maximum atomic E-state index is 5.71. The van der Waals surface area contributed by atoms with E-state index in [1.54, 1.807) is 0 Å². The van der Waals surface area contributed by atoms with Gasteiger partial charge in [-0.3, -0.25) is 0 Å². The standard InChI is InChI=1S/C11H16Cl2N4/c1-7-4-2-3-5-8(7)6-14-11-16-9(12)15-10(13)17-11/h7-8H,2-6H2,1H3,(H,14,15,16,17). The Kier molecular flexibility index (Phi) is 4.40. The topological polar surface area (TPSA) is 50.7 Å². The molecule has 0 spiro atoms. The zero-order valence-corrected chi connectivity index (χ0v) is 11.3. The molecule has 4 nitrogen and oxygen atoms in total. The molecule has 94 valence electrons. The Balaban J connectivity index is 1.92. The normalized spacial score (nSPS) is 24.6. The van der Waals surface area contributed by atoms with Gasteiger partial charge in [0.1, 0.15) is 0 Å². The van der Waals surface area contributed by atoms with Gasteiger partial charge in [0.05, 0.1) is 0 Å². The highest BCUT2D eigenvalue weighted by molar-refractivity contribution is 6.31. The van der Waals surface area contributed by atoms with E-state index in [0.717, 1.165) is 12.5 Å². The van der Waals surface area contributed by atoms with Crippen LogP contribution in [0.1, 0.15) is 32.6 Å². The zero-order valence-electron chi connectivity index (χ0n) is 9.79. The molecular weight excluding hydrogens is 259 g/mol. The lowest BCUT2D eigenvalue weighted by atomic mass is 9.80. The highest BCUT2D eigenvalue weighted by atomic mass is 35.5. The van der Waals surface area contributed by atoms with E-state index in [2.05, 4.69) is 27.2 Å². The van der Waals surface area contributed by atoms with E-state index in [4.69, 9.17) is 23.2 Å². The van der Waals surface area contributed by atoms with Crippen LogP contribution >= 0.6 is 23.2 Å². The zero-order chi connectivity index (χ0) is 12.3. The van der Waals surface area contributed by atoms with Crippen molar-refractivity contribution >= 4 is 29.2 Å². The SMILES string of the molecule is CC1CCCCC1CNc1nc(Cl)nc(Cl)n1. The van der Waals surface area contributed by atoms with Gasteiger partial charge in [0.2, 0.25) is 16.5 Å². The summed E-state index contributed by atoms with van der Waals surface area (Å²) < 4.78 is 0. The van der Waals surface area contributed by atoms with Crippen LogP contribution < -0.4 is 5.32 Å². The average molecular weight is 275 g/mol. The van der Waals surface area contributed by atoms with E-state index in [0.29, 0.717) is 11.9 Å². The van der Waals surface area contributed by atoms with Gasteiger partial charge in [0.25, 0.3) is 0 Å². The van der Waals surface area contributed by atoms with E-state index >= 15 is 0 Å². The van der Waals surface area contributed by atoms with E-state index < -0.39 is 0 Å². The molecule has 2 atom stereocenters. The summed E-state index contributed by atoms with van der Waals surface area (Å²) in [4.78, 5) is 11.7. The molecular formula is C11H16Cl2N4. The van der Waals surface area contributed by atoms with Crippen molar-refractivity contribution in [3.05, 3.63) is 10.6 Å². The molecule has 1 fully saturated rings. The second-order valence-electron chi connectivity index (χ2n) is 4.60. The molecule has 1 aliphatic carbocycles. The minimum Gasteiger partial charge on any atom is -0.354 e. The van der Waals surface area contributed by atoms with Crippen LogP contribution in [0.3, 0.4) is 0 Å². The Morgan fingerprint density at radius 2 is 1.76 bits per heavy atom. The van der Waals surface area contributed by atoms with Gasteiger partial charge >= 0.3 is 0 Å². The van der Waals surface area contributed by atoms with Gasteiger partial charge < -0.3 is 5.32 Å². The molecule has 0 aliphatic heterocycles. The molecule has 17 heavy (non-hydrogen) atoms. The van der Waals surface area contributed by atoms with Gasteiger partial charge in [-0.05, 0) is 41.5 Å². The maximum Gasteiger partial charge on any atom is 0.228 e. The summed E-state index contributed by atoms with van der Waals surface area (Å²) in [5, 5.41) is 3.45. The second-order valence-corrected chi connectivity index (χ2v) is 5.28. The lowest BCUT2D eigenvalue weighted by Crippen LogP contribution is -2.25. The molecule has 1 saturated carbocycles. The summed E-state index contributed by atoms with van der Waals surface area (Å²) in [6.45, 7) is 3.18. The number of nitrogens with one attached hydrogen (secondary N) is 1. The number of hydrogen-bond donors (Lipinski definition) is 1. The number of aromatic nitrogens is 3. The van der Waals surface area contributed by atoms with E-state index in [-0.39, 0.29) is 10.6 Å². The monoisotopic (exact) mass is 274 g/mol. The van der Waals surface area contributed by atoms with Gasteiger partial charge in [-0.1, -0.05) is 26.2 Å². The molecule has 1 aliphatic rings. The molecule has 0 bridgehead atoms. The second kappa shape index (κ2) is 5.83. The maximum absolute atomic E-state index is 5.71. The van der Waals surface area contributed by atoms with Crippen LogP contribution in [0.2, 0.25) is 10.6 Å². The van der Waals surface area contributed by atoms with E-state index in [1.807, 2.05) is 0 Å². The summed E-state index contributed by atoms with van der Waals surface area (Å²) in [5.41, 5.74) is 0. The van der Waals surface area contributed by atoms with Crippen molar-refractivity contribution in [3.63, 3.8) is 0 Å². The first kappa shape index (κ1) is 12.8. The third-order valence-corrected chi connectivity index (χ3v) is 3.73. The van der Waals surface area contributed by atoms with Crippen molar-refractivity contribution < 1.29 is 0 Å². The molecule has 1 aromatic rings. The van der Waals surface area contributed by atoms with Gasteiger partial charge in [-0.15, -0.1) is 0 Å². The van der Waals surface area contributed by atoms with Crippen LogP contribution in [0.5, 0.6) is 0 Å². The molecule has 1 aromatic heterocycles. The fourth-order valence-electron chi connectivity index (χ4n) is 2.32. The molecule has 2 rings (SSSR count). The number of halogens is 2. The molecule has 0 radical (unpaired) electrons. The van der Waals surface area contributed by atoms with Gasteiger partial charge in [0, 0.05) is 6.54 Å². The first-order valence-corrected chi connectivity index (χ1v) is 6.71. The third-order valence-electron chi connectivity index (χ3n) is 3.39. The molecule has 0 amide bonds. The van der Waals surface area contributed by atoms with Crippen molar-refractivity contribution in [2.75, 3.05) is 11.9 Å². The minimum absolute atomic E-state index is 0.129. The van der Waals surface area contributed by atoms with Crippen LogP contribution in [-0.4, -0.2) is 21.5 Å². The number of anilines is 1. The van der Waals surface area contributed by atoms with E-state index in [1.165, 1.54) is 25.7 Å².